The molecular weight excluding hydrogens is 216 g/mol. The lowest BCUT2D eigenvalue weighted by Crippen LogP contribution is -2.49. The number of aliphatic hydroxyl groups excluding tert-OH is 4. The predicted molar refractivity (Wildman–Crippen MR) is 55.0 cm³/mol. The number of aldehydes is 1. The monoisotopic (exact) mass is 232 g/mol. The summed E-state index contributed by atoms with van der Waals surface area (Å²) in [6, 6.07) is 0.432. The average molecular weight is 232 g/mol. The van der Waals surface area contributed by atoms with Crippen LogP contribution in [0.1, 0.15) is 0 Å². The third-order valence-corrected chi connectivity index (χ3v) is 1.57. The molecule has 6 N–H and O–H groups in total. The normalized spacial score (nSPS) is 16.8. The maximum atomic E-state index is 10.0. The molecule has 0 heterocycles. The second-order valence-electron chi connectivity index (χ2n) is 2.78. The van der Waals surface area contributed by atoms with E-state index in [-0.39, 0.29) is 6.29 Å². The molecule has 0 fully saturated rings. The van der Waals surface area contributed by atoms with Gasteiger partial charge in [0, 0.05) is 6.08 Å². The van der Waals surface area contributed by atoms with Crippen molar-refractivity contribution in [3.8, 4) is 6.07 Å². The highest BCUT2D eigenvalue weighted by molar-refractivity contribution is 5.58. The zero-order valence-electron chi connectivity index (χ0n) is 8.60. The van der Waals surface area contributed by atoms with Gasteiger partial charge >= 0.3 is 0 Å². The molecule has 0 aliphatic carbocycles. The molecule has 0 aromatic carbocycles. The number of allylic oxidation sites excluding steroid dienone is 1. The van der Waals surface area contributed by atoms with Gasteiger partial charge in [-0.1, -0.05) is 6.58 Å². The van der Waals surface area contributed by atoms with Crippen molar-refractivity contribution >= 4 is 6.29 Å². The van der Waals surface area contributed by atoms with Gasteiger partial charge in [-0.2, -0.15) is 5.26 Å². The van der Waals surface area contributed by atoms with Gasteiger partial charge in [-0.05, 0) is 0 Å². The van der Waals surface area contributed by atoms with Crippen molar-refractivity contribution in [2.75, 3.05) is 6.61 Å². The molecule has 0 spiro atoms. The number of hydrogen-bond acceptors (Lipinski definition) is 7. The molecule has 0 amide bonds. The lowest BCUT2D eigenvalue weighted by atomic mass is 10.0. The van der Waals surface area contributed by atoms with Crippen LogP contribution in [0.3, 0.4) is 0 Å². The van der Waals surface area contributed by atoms with Gasteiger partial charge in [-0.25, -0.2) is 0 Å². The van der Waals surface area contributed by atoms with Crippen LogP contribution in [0.2, 0.25) is 0 Å². The molecule has 92 valence electrons. The van der Waals surface area contributed by atoms with Gasteiger partial charge in [0.25, 0.3) is 0 Å². The highest BCUT2D eigenvalue weighted by atomic mass is 16.4. The first-order valence-corrected chi connectivity index (χ1v) is 4.32. The first-order valence-electron chi connectivity index (χ1n) is 4.32. The molecule has 0 aromatic heterocycles. The summed E-state index contributed by atoms with van der Waals surface area (Å²) in [5, 5.41) is 42.7. The molecule has 16 heavy (non-hydrogen) atoms. The number of nitrogens with zero attached hydrogens (tertiary/aromatic N) is 1. The van der Waals surface area contributed by atoms with Crippen molar-refractivity contribution in [3.63, 3.8) is 0 Å². The Morgan fingerprint density at radius 1 is 1.38 bits per heavy atom. The van der Waals surface area contributed by atoms with Crippen molar-refractivity contribution in [2.24, 2.45) is 5.73 Å². The van der Waals surface area contributed by atoms with Crippen molar-refractivity contribution in [1.29, 1.82) is 5.26 Å². The Kier molecular flexibility index (Phi) is 10.9. The minimum absolute atomic E-state index is 0.248. The Morgan fingerprint density at radius 2 is 1.81 bits per heavy atom. The third-order valence-electron chi connectivity index (χ3n) is 1.57. The van der Waals surface area contributed by atoms with Crippen LogP contribution in [-0.2, 0) is 4.79 Å². The standard InChI is InChI=1S/C6H13NO5.C3H3N/c7-3(1-8)5(11)6(12)4(10)2-9;1-2-3-4/h1,3-6,9-12H,2,7H2;2H,1H2/t3-,4+,5+,6+;/m0./s1. The minimum atomic E-state index is -1.62. The Balaban J connectivity index is 0. The Hall–Kier alpha value is -1.30. The predicted octanol–water partition coefficient (Wildman–Crippen LogP) is -2.72. The van der Waals surface area contributed by atoms with E-state index >= 15 is 0 Å². The van der Waals surface area contributed by atoms with Crippen molar-refractivity contribution < 1.29 is 25.2 Å². The smallest absolute Gasteiger partial charge is 0.139 e. The number of carbonyl (C=O) groups excluding carboxylic acids is 1. The van der Waals surface area contributed by atoms with E-state index in [1.54, 1.807) is 6.07 Å². The number of nitrogens with two attached hydrogens (primary N) is 1. The summed E-state index contributed by atoms with van der Waals surface area (Å²) in [5.74, 6) is 0. The Morgan fingerprint density at radius 3 is 2.06 bits per heavy atom. The van der Waals surface area contributed by atoms with E-state index in [9.17, 15) is 4.79 Å². The van der Waals surface area contributed by atoms with Crippen LogP contribution in [0, 0.1) is 11.3 Å². The van der Waals surface area contributed by atoms with Gasteiger partial charge in [0.1, 0.15) is 24.6 Å². The fourth-order valence-electron chi connectivity index (χ4n) is 0.644. The van der Waals surface area contributed by atoms with E-state index in [0.29, 0.717) is 0 Å². The van der Waals surface area contributed by atoms with Crippen molar-refractivity contribution in [3.05, 3.63) is 12.7 Å². The lowest BCUT2D eigenvalue weighted by molar-refractivity contribution is -0.118. The first-order chi connectivity index (χ1) is 7.45. The van der Waals surface area contributed by atoms with Crippen LogP contribution < -0.4 is 5.73 Å². The van der Waals surface area contributed by atoms with Gasteiger partial charge in [-0.3, -0.25) is 0 Å². The highest BCUT2D eigenvalue weighted by Gasteiger charge is 2.28. The number of aliphatic hydroxyl groups is 4. The molecule has 7 nitrogen and oxygen atoms in total. The summed E-state index contributed by atoms with van der Waals surface area (Å²) < 4.78 is 0. The fourth-order valence-corrected chi connectivity index (χ4v) is 0.644. The van der Waals surface area contributed by atoms with Crippen LogP contribution in [0.25, 0.3) is 0 Å². The number of rotatable bonds is 5. The zero-order valence-corrected chi connectivity index (χ0v) is 8.60. The summed E-state index contributed by atoms with van der Waals surface area (Å²) in [4.78, 5) is 10.0. The summed E-state index contributed by atoms with van der Waals surface area (Å²) in [6.45, 7) is 2.41. The van der Waals surface area contributed by atoms with Gasteiger partial charge < -0.3 is 31.0 Å². The molecule has 4 atom stereocenters. The van der Waals surface area contributed by atoms with E-state index in [2.05, 4.69) is 6.58 Å². The Labute approximate surface area is 93.0 Å². The molecule has 0 aliphatic heterocycles. The van der Waals surface area contributed by atoms with Gasteiger partial charge in [0.05, 0.1) is 18.7 Å². The summed E-state index contributed by atoms with van der Waals surface area (Å²) in [5.41, 5.74) is 5.04. The van der Waals surface area contributed by atoms with Crippen LogP contribution in [0.5, 0.6) is 0 Å². The summed E-state index contributed by atoms with van der Waals surface area (Å²) in [6.07, 6.45) is -3.25. The van der Waals surface area contributed by atoms with Crippen LogP contribution >= 0.6 is 0 Å². The van der Waals surface area contributed by atoms with E-state index in [0.717, 1.165) is 0 Å². The first kappa shape index (κ1) is 17.1. The zero-order chi connectivity index (χ0) is 13.1. The average Bonchev–Trinajstić information content (AvgIpc) is 2.34. The molecule has 0 saturated heterocycles. The molecule has 0 aromatic rings. The van der Waals surface area contributed by atoms with E-state index in [1.807, 2.05) is 0 Å². The second-order valence-corrected chi connectivity index (χ2v) is 2.78. The number of carbonyl (C=O) groups is 1. The number of hydrogen-bond donors (Lipinski definition) is 5. The maximum absolute atomic E-state index is 10.0. The third kappa shape index (κ3) is 7.05. The van der Waals surface area contributed by atoms with Crippen LogP contribution in [0.15, 0.2) is 12.7 Å². The highest BCUT2D eigenvalue weighted by Crippen LogP contribution is 2.01. The fraction of sp³-hybridized carbons (Fsp3) is 0.556. The Bertz CT molecular complexity index is 241. The van der Waals surface area contributed by atoms with Crippen molar-refractivity contribution in [2.45, 2.75) is 24.4 Å². The molecule has 0 bridgehead atoms. The number of nitriles is 1. The summed E-state index contributed by atoms with van der Waals surface area (Å²) in [7, 11) is 0. The maximum Gasteiger partial charge on any atom is 0.139 e. The van der Waals surface area contributed by atoms with Crippen LogP contribution in [-0.4, -0.2) is 57.7 Å². The molecule has 0 aliphatic rings. The van der Waals surface area contributed by atoms with Gasteiger partial charge in [-0.15, -0.1) is 0 Å². The topological polar surface area (TPSA) is 148 Å². The quantitative estimate of drug-likeness (QED) is 0.255. The van der Waals surface area contributed by atoms with Gasteiger partial charge in [0.2, 0.25) is 0 Å². The van der Waals surface area contributed by atoms with E-state index in [1.165, 1.54) is 6.08 Å². The molecule has 0 saturated carbocycles. The molecule has 0 unspecified atom stereocenters. The molecule has 7 heteroatoms. The molecule has 0 rings (SSSR count). The summed E-state index contributed by atoms with van der Waals surface area (Å²) >= 11 is 0. The van der Waals surface area contributed by atoms with Gasteiger partial charge in [0.15, 0.2) is 0 Å². The van der Waals surface area contributed by atoms with Crippen LogP contribution in [0.4, 0.5) is 0 Å². The van der Waals surface area contributed by atoms with Crippen molar-refractivity contribution in [1.82, 2.24) is 0 Å². The van der Waals surface area contributed by atoms with E-state index < -0.39 is 31.0 Å². The SMILES string of the molecule is C=CC#N.N[C@@H](C=O)[C@@H](O)[C@H](O)[C@H](O)CO. The van der Waals surface area contributed by atoms with E-state index in [4.69, 9.17) is 31.4 Å². The largest absolute Gasteiger partial charge is 0.394 e. The lowest BCUT2D eigenvalue weighted by Gasteiger charge is -2.23. The molecular formula is C9H16N2O5. The molecule has 0 radical (unpaired) electrons. The second kappa shape index (κ2) is 10.2. The minimum Gasteiger partial charge on any atom is -0.394 e.